The van der Waals surface area contributed by atoms with Crippen LogP contribution in [0.2, 0.25) is 0 Å². The van der Waals surface area contributed by atoms with E-state index in [9.17, 15) is 4.79 Å². The Labute approximate surface area is 139 Å². The van der Waals surface area contributed by atoms with Gasteiger partial charge in [-0.25, -0.2) is 4.79 Å². The van der Waals surface area contributed by atoms with Gasteiger partial charge in [0.05, 0.1) is 12.7 Å². The van der Waals surface area contributed by atoms with Crippen molar-refractivity contribution in [3.63, 3.8) is 0 Å². The van der Waals surface area contributed by atoms with Crippen molar-refractivity contribution in [3.05, 3.63) is 52.5 Å². The highest BCUT2D eigenvalue weighted by molar-refractivity contribution is 9.10. The molecule has 0 heterocycles. The van der Waals surface area contributed by atoms with Gasteiger partial charge in [-0.15, -0.1) is 0 Å². The van der Waals surface area contributed by atoms with Crippen LogP contribution in [0.5, 0.6) is 5.75 Å². The van der Waals surface area contributed by atoms with Crippen LogP contribution >= 0.6 is 15.9 Å². The van der Waals surface area contributed by atoms with E-state index in [0.717, 1.165) is 21.3 Å². The smallest absolute Gasteiger partial charge is 0.338 e. The Kier molecular flexibility index (Phi) is 4.91. The summed E-state index contributed by atoms with van der Waals surface area (Å²) in [6.45, 7) is 5.55. The van der Waals surface area contributed by atoms with E-state index in [4.69, 9.17) is 9.47 Å². The predicted octanol–water partition coefficient (Wildman–Crippen LogP) is 5.08. The van der Waals surface area contributed by atoms with Gasteiger partial charge >= 0.3 is 5.97 Å². The monoisotopic (exact) mass is 362 g/mol. The fraction of sp³-hybridized carbons (Fsp3) is 0.278. The van der Waals surface area contributed by atoms with E-state index in [1.54, 1.807) is 13.2 Å². The maximum Gasteiger partial charge on any atom is 0.338 e. The summed E-state index contributed by atoms with van der Waals surface area (Å²) in [6.07, 6.45) is 0. The molecule has 3 nitrogen and oxygen atoms in total. The Morgan fingerprint density at radius 1 is 1.09 bits per heavy atom. The van der Waals surface area contributed by atoms with E-state index in [0.29, 0.717) is 5.56 Å². The number of rotatable bonds is 3. The summed E-state index contributed by atoms with van der Waals surface area (Å²) in [6, 6.07) is 13.2. The minimum Gasteiger partial charge on any atom is -0.496 e. The second-order valence-corrected chi connectivity index (χ2v) is 6.85. The summed E-state index contributed by atoms with van der Waals surface area (Å²) in [5, 5.41) is 0. The molecule has 2 rings (SSSR count). The number of esters is 1. The number of benzene rings is 2. The molecule has 0 atom stereocenters. The second-order valence-electron chi connectivity index (χ2n) is 5.93. The van der Waals surface area contributed by atoms with Gasteiger partial charge in [0.15, 0.2) is 0 Å². The van der Waals surface area contributed by atoms with Crippen LogP contribution in [-0.4, -0.2) is 18.7 Å². The van der Waals surface area contributed by atoms with Crippen LogP contribution in [0.4, 0.5) is 0 Å². The predicted molar refractivity (Wildman–Crippen MR) is 91.3 cm³/mol. The summed E-state index contributed by atoms with van der Waals surface area (Å²) in [5.74, 6) is 0.417. The zero-order chi connectivity index (χ0) is 16.3. The lowest BCUT2D eigenvalue weighted by Crippen LogP contribution is -2.23. The third kappa shape index (κ3) is 4.10. The van der Waals surface area contributed by atoms with E-state index in [-0.39, 0.29) is 5.97 Å². The lowest BCUT2D eigenvalue weighted by atomic mass is 10.0. The van der Waals surface area contributed by atoms with Crippen LogP contribution in [0.3, 0.4) is 0 Å². The van der Waals surface area contributed by atoms with E-state index in [1.165, 1.54) is 0 Å². The molecule has 0 saturated heterocycles. The number of ether oxygens (including phenoxy) is 2. The maximum absolute atomic E-state index is 12.3. The summed E-state index contributed by atoms with van der Waals surface area (Å²) in [5.41, 5.74) is 1.80. The SMILES string of the molecule is COc1ccccc1-c1cc(Br)cc(C(=O)OC(C)(C)C)c1. The molecule has 0 N–H and O–H groups in total. The minimum absolute atomic E-state index is 0.343. The van der Waals surface area contributed by atoms with Gasteiger partial charge in [-0.3, -0.25) is 0 Å². The first-order valence-corrected chi connectivity index (χ1v) is 7.77. The molecule has 116 valence electrons. The molecule has 0 fully saturated rings. The number of methoxy groups -OCH3 is 1. The number of hydrogen-bond acceptors (Lipinski definition) is 3. The molecular weight excluding hydrogens is 344 g/mol. The highest BCUT2D eigenvalue weighted by atomic mass is 79.9. The summed E-state index contributed by atoms with van der Waals surface area (Å²) < 4.78 is 11.6. The first kappa shape index (κ1) is 16.6. The molecule has 0 radical (unpaired) electrons. The number of hydrogen-bond donors (Lipinski definition) is 0. The fourth-order valence-electron chi connectivity index (χ4n) is 2.08. The molecule has 0 aliphatic heterocycles. The topological polar surface area (TPSA) is 35.5 Å². The molecule has 0 saturated carbocycles. The molecule has 22 heavy (non-hydrogen) atoms. The standard InChI is InChI=1S/C18H19BrO3/c1-18(2,3)22-17(20)13-9-12(10-14(19)11-13)15-7-5-6-8-16(15)21-4/h5-11H,1-4H3. The lowest BCUT2D eigenvalue weighted by Gasteiger charge is -2.20. The van der Waals surface area contributed by atoms with Crippen molar-refractivity contribution in [2.24, 2.45) is 0 Å². The first-order valence-electron chi connectivity index (χ1n) is 6.97. The summed E-state index contributed by atoms with van der Waals surface area (Å²) in [4.78, 5) is 12.3. The Morgan fingerprint density at radius 3 is 2.41 bits per heavy atom. The molecule has 0 unspecified atom stereocenters. The lowest BCUT2D eigenvalue weighted by molar-refractivity contribution is 0.00695. The maximum atomic E-state index is 12.3. The van der Waals surface area contributed by atoms with Gasteiger partial charge in [0.2, 0.25) is 0 Å². The first-order chi connectivity index (χ1) is 10.3. The molecule has 0 aliphatic rings. The fourth-order valence-corrected chi connectivity index (χ4v) is 2.58. The van der Waals surface area contributed by atoms with Crippen LogP contribution in [-0.2, 0) is 4.74 Å². The highest BCUT2D eigenvalue weighted by Gasteiger charge is 2.19. The number of carbonyl (C=O) groups is 1. The molecule has 0 aromatic heterocycles. The van der Waals surface area contributed by atoms with Crippen molar-refractivity contribution >= 4 is 21.9 Å². The highest BCUT2D eigenvalue weighted by Crippen LogP contribution is 2.32. The molecule has 0 aliphatic carbocycles. The van der Waals surface area contributed by atoms with Crippen LogP contribution < -0.4 is 4.74 Å². The van der Waals surface area contributed by atoms with Gasteiger partial charge in [0, 0.05) is 10.0 Å². The average Bonchev–Trinajstić information content (AvgIpc) is 2.44. The van der Waals surface area contributed by atoms with E-state index in [2.05, 4.69) is 15.9 Å². The molecule has 2 aromatic carbocycles. The third-order valence-corrected chi connectivity index (χ3v) is 3.41. The van der Waals surface area contributed by atoms with Crippen molar-refractivity contribution in [1.82, 2.24) is 0 Å². The minimum atomic E-state index is -0.524. The normalized spacial score (nSPS) is 11.1. The number of para-hydroxylation sites is 1. The summed E-state index contributed by atoms with van der Waals surface area (Å²) in [7, 11) is 1.63. The molecular formula is C18H19BrO3. The Balaban J connectivity index is 2.45. The average molecular weight is 363 g/mol. The molecule has 0 spiro atoms. The molecule has 0 bridgehead atoms. The van der Waals surface area contributed by atoms with Gasteiger partial charge in [-0.2, -0.15) is 0 Å². The van der Waals surface area contributed by atoms with Gasteiger partial charge in [0.1, 0.15) is 11.4 Å². The number of carbonyl (C=O) groups excluding carboxylic acids is 1. The van der Waals surface area contributed by atoms with Gasteiger partial charge in [-0.1, -0.05) is 34.1 Å². The Hall–Kier alpha value is -1.81. The van der Waals surface area contributed by atoms with Crippen molar-refractivity contribution < 1.29 is 14.3 Å². The van der Waals surface area contributed by atoms with Crippen molar-refractivity contribution in [2.45, 2.75) is 26.4 Å². The van der Waals surface area contributed by atoms with Crippen LogP contribution in [0.25, 0.3) is 11.1 Å². The Bertz CT molecular complexity index is 687. The quantitative estimate of drug-likeness (QED) is 0.714. The third-order valence-electron chi connectivity index (χ3n) is 2.95. The largest absolute Gasteiger partial charge is 0.496 e. The van der Waals surface area contributed by atoms with E-state index < -0.39 is 5.60 Å². The zero-order valence-corrected chi connectivity index (χ0v) is 14.7. The van der Waals surface area contributed by atoms with Crippen molar-refractivity contribution in [1.29, 1.82) is 0 Å². The van der Waals surface area contributed by atoms with Crippen LogP contribution in [0.15, 0.2) is 46.9 Å². The van der Waals surface area contributed by atoms with Crippen molar-refractivity contribution in [3.8, 4) is 16.9 Å². The summed E-state index contributed by atoms with van der Waals surface area (Å²) >= 11 is 3.46. The Morgan fingerprint density at radius 2 is 1.77 bits per heavy atom. The van der Waals surface area contributed by atoms with Crippen molar-refractivity contribution in [2.75, 3.05) is 7.11 Å². The molecule has 0 amide bonds. The van der Waals surface area contributed by atoms with Gasteiger partial charge in [0.25, 0.3) is 0 Å². The molecule has 4 heteroatoms. The molecule has 2 aromatic rings. The van der Waals surface area contributed by atoms with Gasteiger partial charge in [-0.05, 0) is 50.6 Å². The van der Waals surface area contributed by atoms with Crippen LogP contribution in [0, 0.1) is 0 Å². The van der Waals surface area contributed by atoms with Crippen LogP contribution in [0.1, 0.15) is 31.1 Å². The second kappa shape index (κ2) is 6.53. The van der Waals surface area contributed by atoms with Gasteiger partial charge < -0.3 is 9.47 Å². The zero-order valence-electron chi connectivity index (χ0n) is 13.1. The van der Waals surface area contributed by atoms with E-state index in [1.807, 2.05) is 57.2 Å². The van der Waals surface area contributed by atoms with E-state index >= 15 is 0 Å². The number of halogens is 1.